The Labute approximate surface area is 109 Å². The zero-order valence-corrected chi connectivity index (χ0v) is 11.2. The van der Waals surface area contributed by atoms with Gasteiger partial charge >= 0.3 is 5.97 Å². The standard InChI is InChI=1S/C15H22O3/c1-12(2)4-3-9-18-11-14-7-5-13(6-8-14)10-15(16)17/h5-8,12H,3-4,9-11H2,1-2H3,(H,16,17). The number of carboxylic acid groups (broad SMARTS) is 1. The first-order valence-corrected chi connectivity index (χ1v) is 6.45. The molecule has 0 aromatic heterocycles. The van der Waals surface area contributed by atoms with Crippen LogP contribution in [0.1, 0.15) is 37.8 Å². The minimum absolute atomic E-state index is 0.0789. The van der Waals surface area contributed by atoms with Gasteiger partial charge in [-0.05, 0) is 29.9 Å². The summed E-state index contributed by atoms with van der Waals surface area (Å²) in [5.74, 6) is -0.0726. The van der Waals surface area contributed by atoms with Gasteiger partial charge in [-0.3, -0.25) is 4.79 Å². The lowest BCUT2D eigenvalue weighted by Gasteiger charge is -2.06. The molecule has 3 heteroatoms. The second kappa shape index (κ2) is 7.88. The average molecular weight is 250 g/mol. The van der Waals surface area contributed by atoms with Crippen molar-refractivity contribution in [3.05, 3.63) is 35.4 Å². The lowest BCUT2D eigenvalue weighted by atomic mass is 10.1. The maximum Gasteiger partial charge on any atom is 0.307 e. The molecule has 0 atom stereocenters. The van der Waals surface area contributed by atoms with Gasteiger partial charge < -0.3 is 9.84 Å². The molecule has 0 saturated carbocycles. The molecular formula is C15H22O3. The number of hydrogen-bond donors (Lipinski definition) is 1. The van der Waals surface area contributed by atoms with Gasteiger partial charge in [-0.1, -0.05) is 38.1 Å². The third-order valence-corrected chi connectivity index (χ3v) is 2.72. The number of carboxylic acids is 1. The zero-order chi connectivity index (χ0) is 13.4. The monoisotopic (exact) mass is 250 g/mol. The molecule has 0 bridgehead atoms. The highest BCUT2D eigenvalue weighted by Crippen LogP contribution is 2.08. The number of hydrogen-bond acceptors (Lipinski definition) is 2. The van der Waals surface area contributed by atoms with E-state index in [9.17, 15) is 4.79 Å². The number of carbonyl (C=O) groups is 1. The smallest absolute Gasteiger partial charge is 0.307 e. The van der Waals surface area contributed by atoms with Crippen LogP contribution in [0.15, 0.2) is 24.3 Å². The molecule has 100 valence electrons. The summed E-state index contributed by atoms with van der Waals surface area (Å²) in [7, 11) is 0. The molecule has 1 aromatic carbocycles. The van der Waals surface area contributed by atoms with E-state index in [1.165, 1.54) is 6.42 Å². The van der Waals surface area contributed by atoms with E-state index in [2.05, 4.69) is 13.8 Å². The molecule has 0 saturated heterocycles. The fourth-order valence-electron chi connectivity index (χ4n) is 1.71. The number of ether oxygens (including phenoxy) is 1. The molecule has 0 radical (unpaired) electrons. The predicted octanol–water partition coefficient (Wildman–Crippen LogP) is 3.27. The lowest BCUT2D eigenvalue weighted by molar-refractivity contribution is -0.136. The van der Waals surface area contributed by atoms with Crippen LogP contribution in [-0.4, -0.2) is 17.7 Å². The van der Waals surface area contributed by atoms with E-state index in [0.717, 1.165) is 30.1 Å². The molecule has 0 fully saturated rings. The van der Waals surface area contributed by atoms with Gasteiger partial charge in [0.05, 0.1) is 13.0 Å². The van der Waals surface area contributed by atoms with E-state index in [4.69, 9.17) is 9.84 Å². The summed E-state index contributed by atoms with van der Waals surface area (Å²) in [5.41, 5.74) is 1.92. The van der Waals surface area contributed by atoms with Crippen LogP contribution in [0.2, 0.25) is 0 Å². The van der Waals surface area contributed by atoms with Crippen LogP contribution in [0.5, 0.6) is 0 Å². The molecule has 0 unspecified atom stereocenters. The van der Waals surface area contributed by atoms with Crippen molar-refractivity contribution in [2.24, 2.45) is 5.92 Å². The molecule has 1 N–H and O–H groups in total. The SMILES string of the molecule is CC(C)CCCOCc1ccc(CC(=O)O)cc1. The molecule has 18 heavy (non-hydrogen) atoms. The summed E-state index contributed by atoms with van der Waals surface area (Å²) in [5, 5.41) is 8.66. The second-order valence-corrected chi connectivity index (χ2v) is 4.98. The largest absolute Gasteiger partial charge is 0.481 e. The van der Waals surface area contributed by atoms with Crippen molar-refractivity contribution in [1.82, 2.24) is 0 Å². The lowest BCUT2D eigenvalue weighted by Crippen LogP contribution is -2.01. The highest BCUT2D eigenvalue weighted by atomic mass is 16.5. The van der Waals surface area contributed by atoms with Gasteiger partial charge in [0.2, 0.25) is 0 Å². The molecule has 3 nitrogen and oxygen atoms in total. The molecule has 0 aliphatic carbocycles. The number of aliphatic carboxylic acids is 1. The normalized spacial score (nSPS) is 10.8. The van der Waals surface area contributed by atoms with Gasteiger partial charge in [0, 0.05) is 6.61 Å². The second-order valence-electron chi connectivity index (χ2n) is 4.98. The van der Waals surface area contributed by atoms with Crippen LogP contribution < -0.4 is 0 Å². The van der Waals surface area contributed by atoms with Crippen molar-refractivity contribution in [2.45, 2.75) is 39.7 Å². The van der Waals surface area contributed by atoms with Crippen LogP contribution in [-0.2, 0) is 22.6 Å². The summed E-state index contributed by atoms with van der Waals surface area (Å²) in [6.45, 7) is 5.81. The van der Waals surface area contributed by atoms with Crippen LogP contribution >= 0.6 is 0 Å². The van der Waals surface area contributed by atoms with Gasteiger partial charge in [0.25, 0.3) is 0 Å². The first-order valence-electron chi connectivity index (χ1n) is 6.45. The Morgan fingerprint density at radius 1 is 1.22 bits per heavy atom. The molecular weight excluding hydrogens is 228 g/mol. The Morgan fingerprint density at radius 3 is 2.39 bits per heavy atom. The Kier molecular flexibility index (Phi) is 6.44. The summed E-state index contributed by atoms with van der Waals surface area (Å²) in [6.07, 6.45) is 2.36. The van der Waals surface area contributed by atoms with Gasteiger partial charge in [0.1, 0.15) is 0 Å². The Hall–Kier alpha value is -1.35. The summed E-state index contributed by atoms with van der Waals surface area (Å²) >= 11 is 0. The van der Waals surface area contributed by atoms with E-state index < -0.39 is 5.97 Å². The van der Waals surface area contributed by atoms with Crippen molar-refractivity contribution < 1.29 is 14.6 Å². The zero-order valence-electron chi connectivity index (χ0n) is 11.2. The predicted molar refractivity (Wildman–Crippen MR) is 71.5 cm³/mol. The van der Waals surface area contributed by atoms with Crippen molar-refractivity contribution in [2.75, 3.05) is 6.61 Å². The molecule has 0 heterocycles. The van der Waals surface area contributed by atoms with Crippen molar-refractivity contribution >= 4 is 5.97 Å². The quantitative estimate of drug-likeness (QED) is 0.720. The summed E-state index contributed by atoms with van der Waals surface area (Å²) in [4.78, 5) is 10.5. The van der Waals surface area contributed by atoms with Crippen molar-refractivity contribution in [1.29, 1.82) is 0 Å². The van der Waals surface area contributed by atoms with E-state index in [1.807, 2.05) is 24.3 Å². The van der Waals surface area contributed by atoms with Crippen LogP contribution in [0.3, 0.4) is 0 Å². The number of rotatable bonds is 8. The van der Waals surface area contributed by atoms with Crippen LogP contribution in [0.25, 0.3) is 0 Å². The highest BCUT2D eigenvalue weighted by molar-refractivity contribution is 5.70. The molecule has 1 rings (SSSR count). The van der Waals surface area contributed by atoms with Crippen molar-refractivity contribution in [3.63, 3.8) is 0 Å². The van der Waals surface area contributed by atoms with Gasteiger partial charge in [0.15, 0.2) is 0 Å². The topological polar surface area (TPSA) is 46.5 Å². The minimum atomic E-state index is -0.798. The van der Waals surface area contributed by atoms with E-state index in [1.54, 1.807) is 0 Å². The van der Waals surface area contributed by atoms with E-state index in [0.29, 0.717) is 6.61 Å². The fraction of sp³-hybridized carbons (Fsp3) is 0.533. The Balaban J connectivity index is 2.24. The molecule has 1 aromatic rings. The van der Waals surface area contributed by atoms with Crippen molar-refractivity contribution in [3.8, 4) is 0 Å². The Bertz CT molecular complexity index is 355. The Morgan fingerprint density at radius 2 is 1.83 bits per heavy atom. The third-order valence-electron chi connectivity index (χ3n) is 2.72. The van der Waals surface area contributed by atoms with E-state index in [-0.39, 0.29) is 6.42 Å². The molecule has 0 spiro atoms. The number of benzene rings is 1. The van der Waals surface area contributed by atoms with E-state index >= 15 is 0 Å². The van der Waals surface area contributed by atoms with Gasteiger partial charge in [-0.2, -0.15) is 0 Å². The summed E-state index contributed by atoms with van der Waals surface area (Å²) in [6, 6.07) is 7.56. The third kappa shape index (κ3) is 6.40. The molecule has 0 aliphatic rings. The van der Waals surface area contributed by atoms with Gasteiger partial charge in [-0.15, -0.1) is 0 Å². The van der Waals surface area contributed by atoms with Crippen LogP contribution in [0, 0.1) is 5.92 Å². The highest BCUT2D eigenvalue weighted by Gasteiger charge is 2.00. The first kappa shape index (κ1) is 14.7. The summed E-state index contributed by atoms with van der Waals surface area (Å²) < 4.78 is 5.57. The van der Waals surface area contributed by atoms with Crippen LogP contribution in [0.4, 0.5) is 0 Å². The minimum Gasteiger partial charge on any atom is -0.481 e. The maximum atomic E-state index is 10.5. The average Bonchev–Trinajstić information content (AvgIpc) is 2.30. The fourth-order valence-corrected chi connectivity index (χ4v) is 1.71. The molecule has 0 amide bonds. The molecule has 0 aliphatic heterocycles. The first-order chi connectivity index (χ1) is 8.58. The van der Waals surface area contributed by atoms with Gasteiger partial charge in [-0.25, -0.2) is 0 Å². The maximum absolute atomic E-state index is 10.5.